The highest BCUT2D eigenvalue weighted by atomic mass is 32.1. The Balaban J connectivity index is 2.02. The van der Waals surface area contributed by atoms with Crippen LogP contribution in [-0.2, 0) is 23.1 Å². The van der Waals surface area contributed by atoms with Crippen LogP contribution in [0.4, 0.5) is 0 Å². The molecule has 0 saturated carbocycles. The van der Waals surface area contributed by atoms with Crippen LogP contribution in [0.1, 0.15) is 116 Å². The maximum Gasteiger partial charge on any atom is 0.472 e. The minimum Gasteiger partial charge on any atom is -0.382 e. The zero-order valence-electron chi connectivity index (χ0n) is 26.0. The van der Waals surface area contributed by atoms with Gasteiger partial charge in [0.1, 0.15) is 20.1 Å². The van der Waals surface area contributed by atoms with E-state index >= 15 is 0 Å². The Morgan fingerprint density at radius 2 is 1.44 bits per heavy atom. The smallest absolute Gasteiger partial charge is 0.382 e. The largest absolute Gasteiger partial charge is 0.472 e. The van der Waals surface area contributed by atoms with Crippen molar-refractivity contribution in [1.82, 2.24) is 10.6 Å². The summed E-state index contributed by atoms with van der Waals surface area (Å²) >= 11 is 5.40. The Kier molecular flexibility index (Phi) is 23.4. The van der Waals surface area contributed by atoms with Crippen LogP contribution in [0.15, 0.2) is 12.2 Å². The molecule has 41 heavy (non-hydrogen) atoms. The molecule has 2 unspecified atom stereocenters. The normalized spacial score (nSPS) is 22.2. The van der Waals surface area contributed by atoms with Gasteiger partial charge >= 0.3 is 7.82 Å². The molecule has 1 rings (SSSR count). The minimum atomic E-state index is -4.17. The van der Waals surface area contributed by atoms with Gasteiger partial charge in [0, 0.05) is 39.2 Å². The number of hydrogen-bond acceptors (Lipinski definition) is 6. The third-order valence-corrected chi connectivity index (χ3v) is 8.84. The third-order valence-electron chi connectivity index (χ3n) is 7.58. The summed E-state index contributed by atoms with van der Waals surface area (Å²) in [5.74, 6) is -0.276. The number of hydrogen-bond donors (Lipinski definition) is 3. The van der Waals surface area contributed by atoms with Gasteiger partial charge in [0.15, 0.2) is 5.11 Å². The molecule has 238 valence electrons. The molecule has 3 N–H and O–H groups in total. The second-order valence-electron chi connectivity index (χ2n) is 11.1. The SMILES string of the molecule is [B][C@@H]1O[C@H](COC)C(OP(=O)(O)OC)[C@@H]1C/C=C/CCCCNC(=S)NCCCCCCCCCCCCCCC. The van der Waals surface area contributed by atoms with Crippen LogP contribution in [0.5, 0.6) is 0 Å². The molecule has 0 aliphatic carbocycles. The van der Waals surface area contributed by atoms with Gasteiger partial charge in [-0.15, -0.1) is 0 Å². The molecule has 0 amide bonds. The maximum atomic E-state index is 12.0. The van der Waals surface area contributed by atoms with Gasteiger partial charge in [-0.2, -0.15) is 0 Å². The highest BCUT2D eigenvalue weighted by Crippen LogP contribution is 2.48. The maximum absolute atomic E-state index is 12.0. The topological polar surface area (TPSA) is 98.3 Å². The monoisotopic (exact) mass is 616 g/mol. The number of phosphoric acid groups is 1. The second kappa shape index (κ2) is 24.9. The van der Waals surface area contributed by atoms with E-state index in [4.69, 9.17) is 34.1 Å². The van der Waals surface area contributed by atoms with Crippen LogP contribution in [0.3, 0.4) is 0 Å². The molecular weight excluding hydrogens is 558 g/mol. The summed E-state index contributed by atoms with van der Waals surface area (Å²) in [6.45, 7) is 4.27. The number of thiocarbonyl (C=S) groups is 1. The first kappa shape index (κ1) is 38.5. The van der Waals surface area contributed by atoms with Crippen LogP contribution in [0, 0.1) is 5.92 Å². The standard InChI is InChI=1S/C30H58BN2O6PS/c1-4-5-6-7-8-9-10-11-12-13-14-17-20-23-32-30(41)33-24-21-18-15-16-19-22-26-28(39-40(34,35)37-3)27(25-36-2)38-29(26)31/h16,19,26-29H,4-15,17-18,20-25H2,1-3H3,(H,34,35)(H2,32,33,41)/b19-16+/t26-,27+,28?,29+/m0/s1. The molecular formula is C30H58BN2O6PS. The zero-order valence-corrected chi connectivity index (χ0v) is 27.7. The number of rotatable bonds is 26. The number of methoxy groups -OCH3 is 1. The van der Waals surface area contributed by atoms with Gasteiger partial charge in [-0.25, -0.2) is 4.57 Å². The summed E-state index contributed by atoms with van der Waals surface area (Å²) in [6.07, 6.45) is 24.2. The Labute approximate surface area is 257 Å². The summed E-state index contributed by atoms with van der Waals surface area (Å²) in [6, 6.07) is -0.612. The van der Waals surface area contributed by atoms with Crippen molar-refractivity contribution in [3.05, 3.63) is 12.2 Å². The lowest BCUT2D eigenvalue weighted by Crippen LogP contribution is -2.36. The number of ether oxygens (including phenoxy) is 2. The van der Waals surface area contributed by atoms with Crippen LogP contribution in [0.2, 0.25) is 0 Å². The van der Waals surface area contributed by atoms with E-state index in [9.17, 15) is 9.46 Å². The molecule has 8 nitrogen and oxygen atoms in total. The van der Waals surface area contributed by atoms with Crippen molar-refractivity contribution in [3.8, 4) is 0 Å². The van der Waals surface area contributed by atoms with Crippen LogP contribution in [-0.4, -0.2) is 70.0 Å². The number of unbranched alkanes of at least 4 members (excludes halogenated alkanes) is 14. The van der Waals surface area contributed by atoms with E-state index in [1.807, 2.05) is 6.08 Å². The fourth-order valence-electron chi connectivity index (χ4n) is 5.12. The van der Waals surface area contributed by atoms with E-state index in [0.717, 1.165) is 44.6 Å². The van der Waals surface area contributed by atoms with Gasteiger partial charge in [-0.3, -0.25) is 9.05 Å². The van der Waals surface area contributed by atoms with E-state index in [1.54, 1.807) is 0 Å². The highest BCUT2D eigenvalue weighted by Gasteiger charge is 2.45. The molecule has 1 heterocycles. The van der Waals surface area contributed by atoms with Crippen LogP contribution < -0.4 is 10.6 Å². The second-order valence-corrected chi connectivity index (χ2v) is 13.0. The lowest BCUT2D eigenvalue weighted by molar-refractivity contribution is -0.0192. The Bertz CT molecular complexity index is 735. The summed E-state index contributed by atoms with van der Waals surface area (Å²) in [7, 11) is 4.62. The van der Waals surface area contributed by atoms with Crippen molar-refractivity contribution in [2.75, 3.05) is 33.9 Å². The van der Waals surface area contributed by atoms with Crippen molar-refractivity contribution in [2.45, 2.75) is 134 Å². The average molecular weight is 617 g/mol. The van der Waals surface area contributed by atoms with Gasteiger partial charge in [-0.05, 0) is 44.3 Å². The van der Waals surface area contributed by atoms with Crippen molar-refractivity contribution in [1.29, 1.82) is 0 Å². The van der Waals surface area contributed by atoms with Crippen LogP contribution in [0.25, 0.3) is 0 Å². The number of phosphoric ester groups is 1. The Morgan fingerprint density at radius 3 is 1.98 bits per heavy atom. The predicted octanol–water partition coefficient (Wildman–Crippen LogP) is 6.95. The van der Waals surface area contributed by atoms with Crippen molar-refractivity contribution in [2.24, 2.45) is 5.92 Å². The molecule has 0 aromatic carbocycles. The first-order valence-electron chi connectivity index (χ1n) is 16.0. The summed E-state index contributed by atoms with van der Waals surface area (Å²) in [5, 5.41) is 7.35. The van der Waals surface area contributed by atoms with Gasteiger partial charge in [0.2, 0.25) is 0 Å². The van der Waals surface area contributed by atoms with Crippen molar-refractivity contribution in [3.63, 3.8) is 0 Å². The molecule has 0 bridgehead atoms. The van der Waals surface area contributed by atoms with Gasteiger partial charge < -0.3 is 25.0 Å². The molecule has 0 spiro atoms. The fraction of sp³-hybridized carbons (Fsp3) is 0.900. The third kappa shape index (κ3) is 19.4. The summed E-state index contributed by atoms with van der Waals surface area (Å²) in [4.78, 5) is 9.79. The van der Waals surface area contributed by atoms with Gasteiger partial charge in [0.05, 0.1) is 6.61 Å². The molecule has 11 heteroatoms. The van der Waals surface area contributed by atoms with Crippen molar-refractivity contribution >= 4 is 33.0 Å². The molecule has 1 fully saturated rings. The molecule has 1 saturated heterocycles. The Hall–Kier alpha value is -0.475. The minimum absolute atomic E-state index is 0.214. The van der Waals surface area contributed by atoms with Crippen molar-refractivity contribution < 1.29 is 28.0 Å². The van der Waals surface area contributed by atoms with E-state index < -0.39 is 26.0 Å². The lowest BCUT2D eigenvalue weighted by atomic mass is 9.82. The van der Waals surface area contributed by atoms with E-state index in [-0.39, 0.29) is 12.5 Å². The van der Waals surface area contributed by atoms with Crippen LogP contribution >= 0.6 is 20.0 Å². The molecule has 0 aromatic heterocycles. The average Bonchev–Trinajstić information content (AvgIpc) is 3.23. The lowest BCUT2D eigenvalue weighted by Gasteiger charge is -2.24. The molecule has 2 radical (unpaired) electrons. The summed E-state index contributed by atoms with van der Waals surface area (Å²) in [5.41, 5.74) is 0. The quantitative estimate of drug-likeness (QED) is 0.0314. The molecule has 0 aromatic rings. The molecule has 1 aliphatic heterocycles. The van der Waals surface area contributed by atoms with Gasteiger partial charge in [0.25, 0.3) is 0 Å². The van der Waals surface area contributed by atoms with E-state index in [2.05, 4.69) is 28.2 Å². The molecule has 1 aliphatic rings. The van der Waals surface area contributed by atoms with Gasteiger partial charge in [-0.1, -0.05) is 96.1 Å². The zero-order chi connectivity index (χ0) is 30.2. The van der Waals surface area contributed by atoms with E-state index in [0.29, 0.717) is 6.42 Å². The van der Waals surface area contributed by atoms with E-state index in [1.165, 1.54) is 90.6 Å². The molecule has 5 atom stereocenters. The highest BCUT2D eigenvalue weighted by molar-refractivity contribution is 7.80. The first-order chi connectivity index (χ1) is 19.8. The first-order valence-corrected chi connectivity index (χ1v) is 17.9. The number of allylic oxidation sites excluding steroid dienone is 2. The summed E-state index contributed by atoms with van der Waals surface area (Å²) < 4.78 is 32.8. The predicted molar refractivity (Wildman–Crippen MR) is 173 cm³/mol. The Morgan fingerprint density at radius 1 is 0.902 bits per heavy atom. The number of nitrogens with one attached hydrogen (secondary N) is 2. The fourth-order valence-corrected chi connectivity index (χ4v) is 6.01.